The van der Waals surface area contributed by atoms with Crippen molar-refractivity contribution in [3.8, 4) is 0 Å². The Hall–Kier alpha value is -2.67. The molecule has 0 amide bonds. The lowest BCUT2D eigenvalue weighted by atomic mass is 10.2. The van der Waals surface area contributed by atoms with Crippen molar-refractivity contribution in [1.82, 2.24) is 9.55 Å². The van der Waals surface area contributed by atoms with Crippen molar-refractivity contribution in [1.29, 1.82) is 0 Å². The average Bonchev–Trinajstić information content (AvgIpc) is 2.95. The van der Waals surface area contributed by atoms with Gasteiger partial charge in [0.1, 0.15) is 12.4 Å². The van der Waals surface area contributed by atoms with Gasteiger partial charge in [-0.15, -0.1) is 0 Å². The minimum atomic E-state index is -0.658. The van der Waals surface area contributed by atoms with Crippen molar-refractivity contribution >= 4 is 11.9 Å². The molecule has 0 bridgehead atoms. The lowest BCUT2D eigenvalue weighted by Gasteiger charge is -2.12. The normalized spacial score (nSPS) is 10.5. The van der Waals surface area contributed by atoms with E-state index in [1.807, 2.05) is 30.3 Å². The van der Waals surface area contributed by atoms with E-state index in [4.69, 9.17) is 14.2 Å². The minimum Gasteiger partial charge on any atom is -0.461 e. The Bertz CT molecular complexity index is 725. The van der Waals surface area contributed by atoms with Crippen LogP contribution < -0.4 is 0 Å². The second-order valence-corrected chi connectivity index (χ2v) is 5.17. The molecule has 7 heteroatoms. The van der Waals surface area contributed by atoms with Crippen molar-refractivity contribution in [2.75, 3.05) is 20.3 Å². The predicted octanol–water partition coefficient (Wildman–Crippen LogP) is 2.43. The highest BCUT2D eigenvalue weighted by atomic mass is 16.5. The van der Waals surface area contributed by atoms with Crippen LogP contribution in [0.5, 0.6) is 0 Å². The quantitative estimate of drug-likeness (QED) is 0.683. The van der Waals surface area contributed by atoms with Gasteiger partial charge in [0.15, 0.2) is 11.4 Å². The Balaban J connectivity index is 2.55. The van der Waals surface area contributed by atoms with Gasteiger partial charge in [-0.25, -0.2) is 14.6 Å². The summed E-state index contributed by atoms with van der Waals surface area (Å²) in [5.41, 5.74) is 0.984. The molecule has 7 nitrogen and oxygen atoms in total. The zero-order chi connectivity index (χ0) is 18.2. The summed E-state index contributed by atoms with van der Waals surface area (Å²) in [6.07, 6.45) is 0. The van der Waals surface area contributed by atoms with E-state index in [9.17, 15) is 9.59 Å². The molecule has 0 fully saturated rings. The average molecular weight is 346 g/mol. The first-order valence-corrected chi connectivity index (χ1v) is 8.08. The number of ether oxygens (including phenoxy) is 3. The molecule has 1 aromatic heterocycles. The zero-order valence-electron chi connectivity index (χ0n) is 14.7. The van der Waals surface area contributed by atoms with Crippen LogP contribution in [0.15, 0.2) is 30.3 Å². The number of carbonyl (C=O) groups is 2. The Morgan fingerprint density at radius 3 is 2.28 bits per heavy atom. The van der Waals surface area contributed by atoms with E-state index < -0.39 is 11.9 Å². The second kappa shape index (κ2) is 8.98. The largest absolute Gasteiger partial charge is 0.461 e. The van der Waals surface area contributed by atoms with Crippen molar-refractivity contribution in [3.05, 3.63) is 53.1 Å². The fraction of sp³-hybridized carbons (Fsp3) is 0.389. The molecule has 0 aliphatic heterocycles. The molecule has 1 heterocycles. The molecule has 0 aliphatic carbocycles. The molecule has 1 aromatic carbocycles. The number of methoxy groups -OCH3 is 1. The fourth-order valence-corrected chi connectivity index (χ4v) is 2.42. The van der Waals surface area contributed by atoms with Crippen LogP contribution in [0.4, 0.5) is 0 Å². The number of rotatable bonds is 8. The van der Waals surface area contributed by atoms with E-state index in [-0.39, 0.29) is 31.2 Å². The van der Waals surface area contributed by atoms with E-state index in [0.717, 1.165) is 5.56 Å². The van der Waals surface area contributed by atoms with Gasteiger partial charge in [0, 0.05) is 13.7 Å². The SMILES string of the molecule is CCOC(=O)c1nc(COC)n(Cc2ccccc2)c1C(=O)OCC. The first-order chi connectivity index (χ1) is 12.1. The summed E-state index contributed by atoms with van der Waals surface area (Å²) in [6, 6.07) is 9.56. The van der Waals surface area contributed by atoms with Crippen molar-refractivity contribution in [3.63, 3.8) is 0 Å². The predicted molar refractivity (Wildman–Crippen MR) is 90.4 cm³/mol. The van der Waals surface area contributed by atoms with Crippen LogP contribution >= 0.6 is 0 Å². The summed E-state index contributed by atoms with van der Waals surface area (Å²) in [4.78, 5) is 29.0. The van der Waals surface area contributed by atoms with Crippen LogP contribution in [0.3, 0.4) is 0 Å². The molecule has 0 aliphatic rings. The third-order valence-corrected chi connectivity index (χ3v) is 3.44. The highest BCUT2D eigenvalue weighted by molar-refractivity contribution is 6.01. The Labute approximate surface area is 146 Å². The van der Waals surface area contributed by atoms with Crippen LogP contribution in [-0.4, -0.2) is 41.8 Å². The standard InChI is InChI=1S/C18H22N2O5/c1-4-24-17(21)15-16(18(22)25-5-2)20(14(19-15)12-23-3)11-13-9-7-6-8-10-13/h6-10H,4-5,11-12H2,1-3H3. The van der Waals surface area contributed by atoms with Gasteiger partial charge in [-0.3, -0.25) is 0 Å². The van der Waals surface area contributed by atoms with Crippen molar-refractivity contribution in [2.45, 2.75) is 27.0 Å². The fourth-order valence-electron chi connectivity index (χ4n) is 2.42. The van der Waals surface area contributed by atoms with Gasteiger partial charge in [-0.2, -0.15) is 0 Å². The lowest BCUT2D eigenvalue weighted by Crippen LogP contribution is -2.19. The number of imidazole rings is 1. The second-order valence-electron chi connectivity index (χ2n) is 5.17. The summed E-state index contributed by atoms with van der Waals surface area (Å²) in [5.74, 6) is -0.816. The third kappa shape index (κ3) is 4.45. The number of carbonyl (C=O) groups excluding carboxylic acids is 2. The summed E-state index contributed by atoms with van der Waals surface area (Å²) >= 11 is 0. The molecule has 0 saturated carbocycles. The Morgan fingerprint density at radius 2 is 1.68 bits per heavy atom. The van der Waals surface area contributed by atoms with E-state index in [0.29, 0.717) is 12.4 Å². The topological polar surface area (TPSA) is 79.7 Å². The number of benzene rings is 1. The van der Waals surface area contributed by atoms with Crippen LogP contribution in [0.2, 0.25) is 0 Å². The number of esters is 2. The van der Waals surface area contributed by atoms with E-state index in [1.165, 1.54) is 7.11 Å². The Morgan fingerprint density at radius 1 is 1.04 bits per heavy atom. The molecule has 0 saturated heterocycles. The first-order valence-electron chi connectivity index (χ1n) is 8.08. The minimum absolute atomic E-state index is 0.0525. The Kier molecular flexibility index (Phi) is 6.71. The molecular formula is C18H22N2O5. The van der Waals surface area contributed by atoms with Crippen molar-refractivity contribution < 1.29 is 23.8 Å². The van der Waals surface area contributed by atoms with Crippen LogP contribution in [0.25, 0.3) is 0 Å². The molecule has 0 N–H and O–H groups in total. The van der Waals surface area contributed by atoms with Gasteiger partial charge in [-0.05, 0) is 19.4 Å². The van der Waals surface area contributed by atoms with Gasteiger partial charge in [0.05, 0.1) is 13.2 Å². The highest BCUT2D eigenvalue weighted by Crippen LogP contribution is 2.18. The molecular weight excluding hydrogens is 324 g/mol. The maximum absolute atomic E-state index is 12.5. The van der Waals surface area contributed by atoms with E-state index >= 15 is 0 Å². The first kappa shape index (κ1) is 18.7. The summed E-state index contributed by atoms with van der Waals surface area (Å²) in [5, 5.41) is 0. The van der Waals surface area contributed by atoms with Gasteiger partial charge in [0.2, 0.25) is 0 Å². The number of hydrogen-bond acceptors (Lipinski definition) is 6. The highest BCUT2D eigenvalue weighted by Gasteiger charge is 2.29. The van der Waals surface area contributed by atoms with Gasteiger partial charge in [0.25, 0.3) is 0 Å². The van der Waals surface area contributed by atoms with Crippen molar-refractivity contribution in [2.24, 2.45) is 0 Å². The molecule has 2 aromatic rings. The number of hydrogen-bond donors (Lipinski definition) is 0. The molecule has 0 unspecified atom stereocenters. The van der Waals surface area contributed by atoms with E-state index in [2.05, 4.69) is 4.98 Å². The van der Waals surface area contributed by atoms with Crippen LogP contribution in [-0.2, 0) is 27.4 Å². The third-order valence-electron chi connectivity index (χ3n) is 3.44. The van der Waals surface area contributed by atoms with Crippen LogP contribution in [0.1, 0.15) is 46.2 Å². The molecule has 2 rings (SSSR count). The lowest BCUT2D eigenvalue weighted by molar-refractivity contribution is 0.0467. The number of nitrogens with zero attached hydrogens (tertiary/aromatic N) is 2. The van der Waals surface area contributed by atoms with Gasteiger partial charge < -0.3 is 18.8 Å². The summed E-state index contributed by atoms with van der Waals surface area (Å²) in [7, 11) is 1.52. The van der Waals surface area contributed by atoms with E-state index in [1.54, 1.807) is 18.4 Å². The number of aromatic nitrogens is 2. The smallest absolute Gasteiger partial charge is 0.359 e. The summed E-state index contributed by atoms with van der Waals surface area (Å²) < 4.78 is 17.0. The van der Waals surface area contributed by atoms with Crippen LogP contribution in [0, 0.1) is 0 Å². The molecule has 0 spiro atoms. The monoisotopic (exact) mass is 346 g/mol. The maximum Gasteiger partial charge on any atom is 0.359 e. The maximum atomic E-state index is 12.5. The molecule has 25 heavy (non-hydrogen) atoms. The molecule has 0 atom stereocenters. The molecule has 134 valence electrons. The van der Waals surface area contributed by atoms with Gasteiger partial charge >= 0.3 is 11.9 Å². The summed E-state index contributed by atoms with van der Waals surface area (Å²) in [6.45, 7) is 4.29. The zero-order valence-corrected chi connectivity index (χ0v) is 14.7. The molecule has 0 radical (unpaired) electrons. The van der Waals surface area contributed by atoms with Gasteiger partial charge in [-0.1, -0.05) is 30.3 Å².